The van der Waals surface area contributed by atoms with E-state index in [-0.39, 0.29) is 0 Å². The zero-order valence-corrected chi connectivity index (χ0v) is 11.8. The smallest absolute Gasteiger partial charge is 0.335 e. The lowest BCUT2D eigenvalue weighted by Gasteiger charge is -2.08. The number of carboxylic acids is 1. The summed E-state index contributed by atoms with van der Waals surface area (Å²) in [5, 5.41) is 9.26. The number of rotatable bonds is 2. The van der Waals surface area contributed by atoms with Gasteiger partial charge in [-0.15, -0.1) is 0 Å². The summed E-state index contributed by atoms with van der Waals surface area (Å²) in [4.78, 5) is 19.3. The Morgan fingerprint density at radius 1 is 1.20 bits per heavy atom. The Labute approximate surface area is 117 Å². The lowest BCUT2D eigenvalue weighted by atomic mass is 9.99. The number of aromatic nitrogens is 2. The van der Waals surface area contributed by atoms with Gasteiger partial charge in [0.25, 0.3) is 0 Å². The SMILES string of the molecule is Cc1cc(C)c(-c2nc3c([nH]2)CCCC3)cc1C(=O)O. The van der Waals surface area contributed by atoms with E-state index in [9.17, 15) is 9.90 Å². The molecule has 20 heavy (non-hydrogen) atoms. The van der Waals surface area contributed by atoms with Crippen LogP contribution in [-0.4, -0.2) is 21.0 Å². The minimum atomic E-state index is -0.889. The lowest BCUT2D eigenvalue weighted by Crippen LogP contribution is -2.01. The molecule has 0 bridgehead atoms. The van der Waals surface area contributed by atoms with Gasteiger partial charge in [0.2, 0.25) is 0 Å². The molecule has 1 aromatic carbocycles. The maximum Gasteiger partial charge on any atom is 0.335 e. The summed E-state index contributed by atoms with van der Waals surface area (Å²) < 4.78 is 0. The largest absolute Gasteiger partial charge is 0.478 e. The second kappa shape index (κ2) is 4.78. The Morgan fingerprint density at radius 2 is 1.95 bits per heavy atom. The molecule has 0 saturated carbocycles. The van der Waals surface area contributed by atoms with Gasteiger partial charge in [0.15, 0.2) is 0 Å². The van der Waals surface area contributed by atoms with Crippen LogP contribution in [0.5, 0.6) is 0 Å². The molecule has 2 N–H and O–H groups in total. The number of fused-ring (bicyclic) bond motifs is 1. The predicted octanol–water partition coefficient (Wildman–Crippen LogP) is 3.27. The van der Waals surface area contributed by atoms with Crippen molar-refractivity contribution in [3.05, 3.63) is 40.2 Å². The molecular weight excluding hydrogens is 252 g/mol. The number of aryl methyl sites for hydroxylation is 4. The third-order valence-corrected chi connectivity index (χ3v) is 4.01. The van der Waals surface area contributed by atoms with Gasteiger partial charge >= 0.3 is 5.97 Å². The highest BCUT2D eigenvalue weighted by Crippen LogP contribution is 2.28. The number of benzene rings is 1. The molecule has 0 atom stereocenters. The molecule has 4 nitrogen and oxygen atoms in total. The monoisotopic (exact) mass is 270 g/mol. The van der Waals surface area contributed by atoms with E-state index >= 15 is 0 Å². The lowest BCUT2D eigenvalue weighted by molar-refractivity contribution is 0.0696. The van der Waals surface area contributed by atoms with Crippen molar-refractivity contribution in [1.29, 1.82) is 0 Å². The summed E-state index contributed by atoms with van der Waals surface area (Å²) in [6.07, 6.45) is 4.44. The van der Waals surface area contributed by atoms with Crippen molar-refractivity contribution in [3.8, 4) is 11.4 Å². The number of aromatic carboxylic acids is 1. The first-order valence-corrected chi connectivity index (χ1v) is 6.99. The Morgan fingerprint density at radius 3 is 2.65 bits per heavy atom. The highest BCUT2D eigenvalue weighted by molar-refractivity contribution is 5.91. The molecule has 0 aliphatic heterocycles. The molecule has 0 unspecified atom stereocenters. The molecule has 4 heteroatoms. The molecule has 0 saturated heterocycles. The van der Waals surface area contributed by atoms with Gasteiger partial charge in [-0.1, -0.05) is 6.07 Å². The first kappa shape index (κ1) is 12.9. The summed E-state index contributed by atoms with van der Waals surface area (Å²) in [6.45, 7) is 3.82. The molecule has 1 aliphatic carbocycles. The van der Waals surface area contributed by atoms with Gasteiger partial charge in [-0.3, -0.25) is 0 Å². The Hall–Kier alpha value is -2.10. The second-order valence-corrected chi connectivity index (χ2v) is 5.50. The maximum atomic E-state index is 11.3. The summed E-state index contributed by atoms with van der Waals surface area (Å²) in [5.74, 6) is -0.0861. The van der Waals surface area contributed by atoms with E-state index in [4.69, 9.17) is 0 Å². The molecule has 1 aromatic heterocycles. The van der Waals surface area contributed by atoms with Crippen LogP contribution in [-0.2, 0) is 12.8 Å². The van der Waals surface area contributed by atoms with Gasteiger partial charge in [-0.25, -0.2) is 9.78 Å². The van der Waals surface area contributed by atoms with Crippen LogP contribution in [0, 0.1) is 13.8 Å². The highest BCUT2D eigenvalue weighted by Gasteiger charge is 2.18. The van der Waals surface area contributed by atoms with E-state index < -0.39 is 5.97 Å². The van der Waals surface area contributed by atoms with E-state index in [1.165, 1.54) is 18.5 Å². The fraction of sp³-hybridized carbons (Fsp3) is 0.375. The normalized spacial score (nSPS) is 14.1. The third kappa shape index (κ3) is 2.11. The first-order valence-electron chi connectivity index (χ1n) is 6.99. The van der Waals surface area contributed by atoms with Gasteiger partial charge < -0.3 is 10.1 Å². The third-order valence-electron chi connectivity index (χ3n) is 4.01. The average Bonchev–Trinajstić information content (AvgIpc) is 2.81. The minimum Gasteiger partial charge on any atom is -0.478 e. The molecule has 104 valence electrons. The number of aromatic amines is 1. The van der Waals surface area contributed by atoms with Crippen LogP contribution in [0.15, 0.2) is 12.1 Å². The van der Waals surface area contributed by atoms with Crippen molar-refractivity contribution < 1.29 is 9.90 Å². The highest BCUT2D eigenvalue weighted by atomic mass is 16.4. The van der Waals surface area contributed by atoms with Gasteiger partial charge in [0, 0.05) is 11.3 Å². The van der Waals surface area contributed by atoms with Crippen molar-refractivity contribution >= 4 is 5.97 Å². The summed E-state index contributed by atoms with van der Waals surface area (Å²) in [6, 6.07) is 3.65. The van der Waals surface area contributed by atoms with Crippen LogP contribution in [0.1, 0.15) is 45.7 Å². The fourth-order valence-electron chi connectivity index (χ4n) is 2.92. The Bertz CT molecular complexity index is 663. The molecule has 0 fully saturated rings. The number of nitrogens with one attached hydrogen (secondary N) is 1. The van der Waals surface area contributed by atoms with Gasteiger partial charge in [0.05, 0.1) is 11.3 Å². The second-order valence-electron chi connectivity index (χ2n) is 5.50. The van der Waals surface area contributed by atoms with Crippen LogP contribution in [0.25, 0.3) is 11.4 Å². The van der Waals surface area contributed by atoms with Crippen molar-refractivity contribution in [3.63, 3.8) is 0 Å². The number of hydrogen-bond acceptors (Lipinski definition) is 2. The molecule has 0 spiro atoms. The van der Waals surface area contributed by atoms with Gasteiger partial charge in [0.1, 0.15) is 5.82 Å². The van der Waals surface area contributed by atoms with Crippen LogP contribution < -0.4 is 0 Å². The van der Waals surface area contributed by atoms with Crippen LogP contribution in [0.4, 0.5) is 0 Å². The Kier molecular flexibility index (Phi) is 3.08. The zero-order valence-electron chi connectivity index (χ0n) is 11.8. The predicted molar refractivity (Wildman–Crippen MR) is 77.1 cm³/mol. The molecule has 0 radical (unpaired) electrons. The number of hydrogen-bond donors (Lipinski definition) is 2. The average molecular weight is 270 g/mol. The standard InChI is InChI=1S/C16H18N2O2/c1-9-7-10(2)12(16(19)20)8-11(9)15-17-13-5-3-4-6-14(13)18-15/h7-8H,3-6H2,1-2H3,(H,17,18)(H,19,20). The summed E-state index contributed by atoms with van der Waals surface area (Å²) in [7, 11) is 0. The molecule has 0 amide bonds. The van der Waals surface area contributed by atoms with Gasteiger partial charge in [-0.2, -0.15) is 0 Å². The van der Waals surface area contributed by atoms with Crippen LogP contribution in [0.2, 0.25) is 0 Å². The topological polar surface area (TPSA) is 66.0 Å². The quantitative estimate of drug-likeness (QED) is 0.880. The molecular formula is C16H18N2O2. The van der Waals surface area contributed by atoms with Crippen molar-refractivity contribution in [1.82, 2.24) is 9.97 Å². The fourth-order valence-corrected chi connectivity index (χ4v) is 2.92. The van der Waals surface area contributed by atoms with Crippen molar-refractivity contribution in [2.75, 3.05) is 0 Å². The Balaban J connectivity index is 2.11. The number of nitrogens with zero attached hydrogens (tertiary/aromatic N) is 1. The number of carbonyl (C=O) groups is 1. The first-order chi connectivity index (χ1) is 9.56. The van der Waals surface area contributed by atoms with E-state index in [2.05, 4.69) is 9.97 Å². The van der Waals surface area contributed by atoms with E-state index in [1.54, 1.807) is 6.07 Å². The molecule has 2 aromatic rings. The molecule has 1 heterocycles. The van der Waals surface area contributed by atoms with Gasteiger partial charge in [-0.05, 0) is 56.7 Å². The number of H-pyrrole nitrogens is 1. The number of carboxylic acid groups (broad SMARTS) is 1. The van der Waals surface area contributed by atoms with Crippen molar-refractivity contribution in [2.45, 2.75) is 39.5 Å². The summed E-state index contributed by atoms with van der Waals surface area (Å²) >= 11 is 0. The zero-order chi connectivity index (χ0) is 14.3. The van der Waals surface area contributed by atoms with Crippen molar-refractivity contribution in [2.24, 2.45) is 0 Å². The maximum absolute atomic E-state index is 11.3. The number of imidazole rings is 1. The molecule has 1 aliphatic rings. The van der Waals surface area contributed by atoms with Crippen LogP contribution >= 0.6 is 0 Å². The minimum absolute atomic E-state index is 0.347. The molecule has 3 rings (SSSR count). The van der Waals surface area contributed by atoms with E-state index in [0.717, 1.165) is 41.1 Å². The van der Waals surface area contributed by atoms with E-state index in [1.807, 2.05) is 19.9 Å². The van der Waals surface area contributed by atoms with Crippen LogP contribution in [0.3, 0.4) is 0 Å². The summed E-state index contributed by atoms with van der Waals surface area (Å²) in [5.41, 5.74) is 5.43. The van der Waals surface area contributed by atoms with E-state index in [0.29, 0.717) is 5.56 Å².